The number of aromatic amines is 1. The third-order valence-electron chi connectivity index (χ3n) is 13.3. The highest BCUT2D eigenvalue weighted by molar-refractivity contribution is 5.98. The number of aliphatic imine (C=N–C) groups is 2. The number of nitrogens with one attached hydrogen (secondary N) is 6. The minimum Gasteiger partial charge on any atom is -0.370 e. The average molecular weight is 1080 g/mol. The summed E-state index contributed by atoms with van der Waals surface area (Å²) >= 11 is 0. The molecular weight excluding hydrogens is 1010 g/mol. The molecule has 2 aromatic carbocycles. The zero-order valence-electron chi connectivity index (χ0n) is 43.9. The molecule has 0 saturated carbocycles. The number of ketones is 3. The molecule has 3 aromatic rings. The second kappa shape index (κ2) is 31.4. The van der Waals surface area contributed by atoms with Gasteiger partial charge in [-0.15, -0.1) is 0 Å². The number of hydrogen-bond acceptors (Lipinski definition) is 13. The summed E-state index contributed by atoms with van der Waals surface area (Å²) < 4.78 is 0. The predicted molar refractivity (Wildman–Crippen MR) is 289 cm³/mol. The van der Waals surface area contributed by atoms with Crippen LogP contribution in [0.25, 0.3) is 10.9 Å². The van der Waals surface area contributed by atoms with Gasteiger partial charge in [-0.25, -0.2) is 0 Å². The van der Waals surface area contributed by atoms with Crippen LogP contribution in [0.3, 0.4) is 0 Å². The molecule has 0 aliphatic carbocycles. The standard InChI is InChI=1S/C53H73N15O10/c1-30(69)64-40(13-7-23-62-53(59)60)49(76)66-41-12-4-2-9-36(70)18-19-39(47(56)74)65-48(75)34(25-35-29-63-38-11-5-3-10-37(35)38)27-44(71)33(8-6-22-61-52(57)58)26-45(72)43(24-31-14-16-32(28-54)17-15-31)68-51(78)42(67-50(41)77)20-21-46(55)73/h3,5,10-11,14-17,29,33-34,39-43,63H,2,4,6-9,12-13,18-27H2,1H3,(H2,55,73)(H2,56,74)(H,64,69)(H,65,75)(H,66,76)(H,67,77)(H,68,78)(H4,57,58,61)(H4,59,60,62)/t33-,34-,39+,40+,41+,42+,43-/m1/s1. The molecule has 0 spiro atoms. The molecule has 18 N–H and O–H groups in total. The van der Waals surface area contributed by atoms with Gasteiger partial charge in [0.2, 0.25) is 41.4 Å². The highest BCUT2D eigenvalue weighted by Crippen LogP contribution is 2.26. The first-order chi connectivity index (χ1) is 37.1. The molecule has 25 nitrogen and oxygen atoms in total. The smallest absolute Gasteiger partial charge is 0.243 e. The molecule has 1 fully saturated rings. The van der Waals surface area contributed by atoms with Gasteiger partial charge in [0, 0.05) is 81.1 Å². The van der Waals surface area contributed by atoms with Gasteiger partial charge in [-0.1, -0.05) is 36.8 Å². The van der Waals surface area contributed by atoms with Crippen molar-refractivity contribution in [3.63, 3.8) is 0 Å². The van der Waals surface area contributed by atoms with Crippen molar-refractivity contribution in [2.24, 2.45) is 56.2 Å². The van der Waals surface area contributed by atoms with Gasteiger partial charge in [-0.3, -0.25) is 57.9 Å². The lowest BCUT2D eigenvalue weighted by atomic mass is 9.83. The normalized spacial score (nSPS) is 20.9. The van der Waals surface area contributed by atoms with E-state index in [-0.39, 0.29) is 114 Å². The van der Waals surface area contributed by atoms with Crippen LogP contribution in [0, 0.1) is 23.2 Å². The van der Waals surface area contributed by atoms with E-state index in [1.165, 1.54) is 19.1 Å². The van der Waals surface area contributed by atoms with Gasteiger partial charge in [0.05, 0.1) is 17.7 Å². The number of H-pyrrole nitrogens is 1. The third-order valence-corrected chi connectivity index (χ3v) is 13.3. The number of nitriles is 1. The van der Waals surface area contributed by atoms with Crippen molar-refractivity contribution in [1.82, 2.24) is 31.6 Å². The maximum atomic E-state index is 14.8. The summed E-state index contributed by atoms with van der Waals surface area (Å²) in [5.74, 6) is -9.72. The number of guanidine groups is 2. The van der Waals surface area contributed by atoms with Crippen LogP contribution in [0.1, 0.15) is 114 Å². The molecule has 25 heteroatoms. The summed E-state index contributed by atoms with van der Waals surface area (Å²) in [6.45, 7) is 1.38. The molecule has 4 rings (SSSR count). The van der Waals surface area contributed by atoms with Crippen molar-refractivity contribution in [2.45, 2.75) is 140 Å². The van der Waals surface area contributed by atoms with Crippen molar-refractivity contribution < 1.29 is 47.9 Å². The van der Waals surface area contributed by atoms with Gasteiger partial charge in [0.25, 0.3) is 0 Å². The number of nitrogens with zero attached hydrogens (tertiary/aromatic N) is 3. The van der Waals surface area contributed by atoms with E-state index < -0.39 is 114 Å². The Kier molecular flexibility index (Phi) is 24.9. The minimum absolute atomic E-state index is 0.00518. The Bertz CT molecular complexity index is 2730. The molecule has 1 aromatic heterocycles. The number of aromatic nitrogens is 1. The zero-order chi connectivity index (χ0) is 57.3. The number of primary amides is 2. The number of hydrogen-bond donors (Lipinski definition) is 12. The Morgan fingerprint density at radius 3 is 2.05 bits per heavy atom. The number of carbonyl (C=O) groups is 10. The molecule has 1 aliphatic rings. The topological polar surface area (TPSA) is 451 Å². The second-order valence-corrected chi connectivity index (χ2v) is 19.4. The molecule has 7 amide bonds. The lowest BCUT2D eigenvalue weighted by Crippen LogP contribution is -2.58. The molecular formula is C53H73N15O10. The Hall–Kier alpha value is -8.69. The number of carbonyl (C=O) groups excluding carboxylic acids is 10. The number of rotatable bonds is 19. The molecule has 78 heavy (non-hydrogen) atoms. The van der Waals surface area contributed by atoms with Crippen LogP contribution >= 0.6 is 0 Å². The first-order valence-corrected chi connectivity index (χ1v) is 25.9. The predicted octanol–water partition coefficient (Wildman–Crippen LogP) is -0.799. The van der Waals surface area contributed by atoms with Crippen LogP contribution in [0.2, 0.25) is 0 Å². The van der Waals surface area contributed by atoms with Gasteiger partial charge in [-0.2, -0.15) is 5.26 Å². The summed E-state index contributed by atoms with van der Waals surface area (Å²) in [5.41, 5.74) is 35.6. The summed E-state index contributed by atoms with van der Waals surface area (Å²) in [4.78, 5) is 149. The highest BCUT2D eigenvalue weighted by atomic mass is 16.2. The monoisotopic (exact) mass is 1080 g/mol. The fourth-order valence-corrected chi connectivity index (χ4v) is 9.07. The maximum Gasteiger partial charge on any atom is 0.243 e. The molecule has 420 valence electrons. The van der Waals surface area contributed by atoms with Gasteiger partial charge in [0.1, 0.15) is 35.7 Å². The maximum absolute atomic E-state index is 14.8. The van der Waals surface area contributed by atoms with E-state index in [9.17, 15) is 53.2 Å². The number of fused-ring (bicyclic) bond motifs is 1. The van der Waals surface area contributed by atoms with E-state index in [2.05, 4.69) is 41.6 Å². The van der Waals surface area contributed by atoms with Crippen LogP contribution in [0.5, 0.6) is 0 Å². The number of nitrogens with two attached hydrogens (primary N) is 6. The van der Waals surface area contributed by atoms with Crippen LogP contribution < -0.4 is 61.0 Å². The number of amides is 7. The SMILES string of the molecule is CC(=O)N[C@@H](CCCN=C(N)N)C(=O)N[C@H]1CCCCC(=O)CC[C@@H](C(N)=O)NC(=O)[C@H](Cc2c[nH]c3ccccc23)CC(=O)[C@H](CCCN=C(N)N)CC(=O)[C@@H](Cc2ccc(C#N)cc2)NC(=O)[C@H](CCC(N)=O)NC1=O. The van der Waals surface area contributed by atoms with E-state index in [1.54, 1.807) is 18.3 Å². The van der Waals surface area contributed by atoms with Crippen LogP contribution in [-0.4, -0.2) is 119 Å². The Morgan fingerprint density at radius 1 is 0.731 bits per heavy atom. The molecule has 1 aliphatic heterocycles. The second-order valence-electron chi connectivity index (χ2n) is 19.4. The Balaban J connectivity index is 1.81. The largest absolute Gasteiger partial charge is 0.370 e. The van der Waals surface area contributed by atoms with E-state index in [4.69, 9.17) is 34.4 Å². The molecule has 2 heterocycles. The van der Waals surface area contributed by atoms with Crippen LogP contribution in [0.4, 0.5) is 0 Å². The van der Waals surface area contributed by atoms with E-state index >= 15 is 0 Å². The van der Waals surface area contributed by atoms with Crippen molar-refractivity contribution in [2.75, 3.05) is 13.1 Å². The average Bonchev–Trinajstić information content (AvgIpc) is 3.80. The first kappa shape index (κ1) is 61.9. The first-order valence-electron chi connectivity index (χ1n) is 25.9. The number of para-hydroxylation sites is 1. The number of benzene rings is 2. The fraction of sp³-hybridized carbons (Fsp3) is 0.491. The summed E-state index contributed by atoms with van der Waals surface area (Å²) in [5, 5.41) is 23.5. The number of Topliss-reactive ketones (excluding diaryl/α,β-unsaturated/α-hetero) is 3. The highest BCUT2D eigenvalue weighted by Gasteiger charge is 2.35. The van der Waals surface area contributed by atoms with Gasteiger partial charge < -0.3 is 66.0 Å². The summed E-state index contributed by atoms with van der Waals surface area (Å²) in [6, 6.07) is 8.68. The van der Waals surface area contributed by atoms with E-state index in [0.717, 1.165) is 10.9 Å². The quantitative estimate of drug-likeness (QED) is 0.0397. The molecule has 1 saturated heterocycles. The third kappa shape index (κ3) is 21.1. The Morgan fingerprint density at radius 2 is 1.40 bits per heavy atom. The van der Waals surface area contributed by atoms with Crippen molar-refractivity contribution in [3.05, 3.63) is 71.4 Å². The van der Waals surface area contributed by atoms with Crippen molar-refractivity contribution in [3.8, 4) is 6.07 Å². The van der Waals surface area contributed by atoms with E-state index in [0.29, 0.717) is 16.7 Å². The van der Waals surface area contributed by atoms with Gasteiger partial charge in [0.15, 0.2) is 17.7 Å². The van der Waals surface area contributed by atoms with Crippen LogP contribution in [0.15, 0.2) is 64.7 Å². The van der Waals surface area contributed by atoms with E-state index in [1.807, 2.05) is 30.3 Å². The van der Waals surface area contributed by atoms with Gasteiger partial charge in [-0.05, 0) is 93.5 Å². The lowest BCUT2D eigenvalue weighted by molar-refractivity contribution is -0.135. The molecule has 0 radical (unpaired) electrons. The summed E-state index contributed by atoms with van der Waals surface area (Å²) in [6.07, 6.45) is 0.161. The van der Waals surface area contributed by atoms with Crippen LogP contribution in [-0.2, 0) is 60.8 Å². The Labute approximate surface area is 451 Å². The van der Waals surface area contributed by atoms with Crippen molar-refractivity contribution >= 4 is 81.5 Å². The zero-order valence-corrected chi connectivity index (χ0v) is 43.9. The summed E-state index contributed by atoms with van der Waals surface area (Å²) in [7, 11) is 0. The van der Waals surface area contributed by atoms with Crippen molar-refractivity contribution in [1.29, 1.82) is 5.26 Å². The molecule has 7 atom stereocenters. The fourth-order valence-electron chi connectivity index (χ4n) is 9.07. The minimum atomic E-state index is -1.55. The molecule has 0 unspecified atom stereocenters. The van der Waals surface area contributed by atoms with Gasteiger partial charge >= 0.3 is 0 Å². The lowest BCUT2D eigenvalue weighted by Gasteiger charge is -2.27. The molecule has 0 bridgehead atoms.